The molecule has 0 unspecified atom stereocenters. The monoisotopic (exact) mass is 319 g/mol. The first-order valence-corrected chi connectivity index (χ1v) is 8.38. The van der Waals surface area contributed by atoms with E-state index in [4.69, 9.17) is 4.74 Å². The van der Waals surface area contributed by atoms with Gasteiger partial charge in [0.15, 0.2) is 0 Å². The van der Waals surface area contributed by atoms with Gasteiger partial charge in [0.2, 0.25) is 5.91 Å². The highest BCUT2D eigenvalue weighted by Crippen LogP contribution is 2.31. The van der Waals surface area contributed by atoms with Crippen LogP contribution in [0.3, 0.4) is 0 Å². The maximum Gasteiger partial charge on any atom is 0.307 e. The maximum absolute atomic E-state index is 12.4. The number of carbonyl (C=O) groups is 2. The quantitative estimate of drug-likeness (QED) is 0.751. The average Bonchev–Trinajstić information content (AvgIpc) is 2.56. The summed E-state index contributed by atoms with van der Waals surface area (Å²) in [6.45, 7) is 2.79. The van der Waals surface area contributed by atoms with Gasteiger partial charge in [0, 0.05) is 5.69 Å². The van der Waals surface area contributed by atoms with Crippen molar-refractivity contribution in [2.45, 2.75) is 45.4 Å². The lowest BCUT2D eigenvalue weighted by molar-refractivity contribution is -0.147. The molecule has 1 aromatic rings. The number of aliphatic carboxylic acids is 1. The van der Waals surface area contributed by atoms with E-state index < -0.39 is 17.8 Å². The number of carboxylic acid groups (broad SMARTS) is 1. The molecule has 0 saturated heterocycles. The second-order valence-electron chi connectivity index (χ2n) is 6.05. The fourth-order valence-electron chi connectivity index (χ4n) is 2.94. The minimum absolute atomic E-state index is 0.197. The predicted octanol–water partition coefficient (Wildman–Crippen LogP) is 3.70. The van der Waals surface area contributed by atoms with Gasteiger partial charge in [-0.2, -0.15) is 0 Å². The Morgan fingerprint density at radius 2 is 1.83 bits per heavy atom. The van der Waals surface area contributed by atoms with Crippen molar-refractivity contribution in [1.29, 1.82) is 0 Å². The van der Waals surface area contributed by atoms with E-state index in [1.807, 2.05) is 12.1 Å². The Balaban J connectivity index is 1.92. The first kappa shape index (κ1) is 17.3. The summed E-state index contributed by atoms with van der Waals surface area (Å²) in [5, 5.41) is 12.1. The zero-order chi connectivity index (χ0) is 16.7. The number of hydrogen-bond acceptors (Lipinski definition) is 3. The molecule has 2 atom stereocenters. The highest BCUT2D eigenvalue weighted by Gasteiger charge is 2.35. The first-order chi connectivity index (χ1) is 11.1. The molecule has 1 aliphatic carbocycles. The van der Waals surface area contributed by atoms with Gasteiger partial charge in [-0.1, -0.05) is 26.2 Å². The molecule has 5 nitrogen and oxygen atoms in total. The Bertz CT molecular complexity index is 526. The number of carbonyl (C=O) groups excluding carboxylic acids is 1. The van der Waals surface area contributed by atoms with Crippen LogP contribution in [0.2, 0.25) is 0 Å². The van der Waals surface area contributed by atoms with E-state index >= 15 is 0 Å². The molecule has 0 aromatic heterocycles. The molecule has 126 valence electrons. The van der Waals surface area contributed by atoms with Gasteiger partial charge in [0.05, 0.1) is 18.4 Å². The minimum Gasteiger partial charge on any atom is -0.494 e. The predicted molar refractivity (Wildman–Crippen MR) is 88.6 cm³/mol. The van der Waals surface area contributed by atoms with E-state index in [0.717, 1.165) is 31.4 Å². The van der Waals surface area contributed by atoms with Crippen molar-refractivity contribution in [1.82, 2.24) is 0 Å². The highest BCUT2D eigenvalue weighted by molar-refractivity contribution is 5.95. The summed E-state index contributed by atoms with van der Waals surface area (Å²) in [6, 6.07) is 7.22. The Hall–Kier alpha value is -2.04. The fourth-order valence-corrected chi connectivity index (χ4v) is 2.94. The summed E-state index contributed by atoms with van der Waals surface area (Å²) < 4.78 is 5.58. The first-order valence-electron chi connectivity index (χ1n) is 8.38. The van der Waals surface area contributed by atoms with Crippen LogP contribution < -0.4 is 10.1 Å². The minimum atomic E-state index is -0.871. The summed E-state index contributed by atoms with van der Waals surface area (Å²) in [7, 11) is 0. The number of amides is 1. The van der Waals surface area contributed by atoms with Crippen molar-refractivity contribution in [3.05, 3.63) is 24.3 Å². The van der Waals surface area contributed by atoms with Crippen LogP contribution in [0, 0.1) is 11.8 Å². The van der Waals surface area contributed by atoms with Crippen LogP contribution in [0.5, 0.6) is 5.75 Å². The number of nitrogens with one attached hydrogen (secondary N) is 1. The van der Waals surface area contributed by atoms with E-state index in [2.05, 4.69) is 12.2 Å². The van der Waals surface area contributed by atoms with Crippen molar-refractivity contribution in [3.63, 3.8) is 0 Å². The molecule has 1 fully saturated rings. The number of benzene rings is 1. The van der Waals surface area contributed by atoms with Crippen molar-refractivity contribution >= 4 is 17.6 Å². The lowest BCUT2D eigenvalue weighted by Crippen LogP contribution is -2.36. The summed E-state index contributed by atoms with van der Waals surface area (Å²) >= 11 is 0. The SMILES string of the molecule is CCCCOc1ccc(NC(=O)[C@@H]2CCCC[C@H]2C(=O)O)cc1. The van der Waals surface area contributed by atoms with E-state index in [1.54, 1.807) is 12.1 Å². The lowest BCUT2D eigenvalue weighted by atomic mass is 9.78. The second-order valence-corrected chi connectivity index (χ2v) is 6.05. The van der Waals surface area contributed by atoms with Gasteiger partial charge < -0.3 is 15.2 Å². The summed E-state index contributed by atoms with van der Waals surface area (Å²) in [5.41, 5.74) is 0.674. The summed E-state index contributed by atoms with van der Waals surface area (Å²) in [4.78, 5) is 23.7. The molecule has 2 N–H and O–H groups in total. The number of rotatable bonds is 7. The average molecular weight is 319 g/mol. The summed E-state index contributed by atoms with van der Waals surface area (Å²) in [6.07, 6.45) is 5.10. The van der Waals surface area contributed by atoms with Gasteiger partial charge in [0.25, 0.3) is 0 Å². The van der Waals surface area contributed by atoms with Crippen molar-refractivity contribution < 1.29 is 19.4 Å². The van der Waals surface area contributed by atoms with Gasteiger partial charge in [0.1, 0.15) is 5.75 Å². The number of ether oxygens (including phenoxy) is 1. The van der Waals surface area contributed by atoms with Crippen LogP contribution >= 0.6 is 0 Å². The van der Waals surface area contributed by atoms with Crippen LogP contribution in [0.4, 0.5) is 5.69 Å². The third kappa shape index (κ3) is 4.98. The molecule has 1 aliphatic rings. The van der Waals surface area contributed by atoms with Gasteiger partial charge >= 0.3 is 5.97 Å². The number of hydrogen-bond donors (Lipinski definition) is 2. The molecule has 0 aliphatic heterocycles. The number of unbranched alkanes of at least 4 members (excludes halogenated alkanes) is 1. The zero-order valence-electron chi connectivity index (χ0n) is 13.6. The molecular formula is C18H25NO4. The lowest BCUT2D eigenvalue weighted by Gasteiger charge is -2.27. The number of anilines is 1. The van der Waals surface area contributed by atoms with Crippen LogP contribution in [-0.2, 0) is 9.59 Å². The molecule has 0 spiro atoms. The molecule has 0 bridgehead atoms. The van der Waals surface area contributed by atoms with Crippen molar-refractivity contribution in [3.8, 4) is 5.75 Å². The molecule has 23 heavy (non-hydrogen) atoms. The van der Waals surface area contributed by atoms with Crippen LogP contribution in [0.15, 0.2) is 24.3 Å². The van der Waals surface area contributed by atoms with Crippen molar-refractivity contribution in [2.75, 3.05) is 11.9 Å². The second kappa shape index (κ2) is 8.56. The third-order valence-electron chi connectivity index (χ3n) is 4.31. The molecule has 1 aromatic carbocycles. The Morgan fingerprint density at radius 1 is 1.17 bits per heavy atom. The van der Waals surface area contributed by atoms with Gasteiger partial charge in [-0.25, -0.2) is 0 Å². The van der Waals surface area contributed by atoms with Gasteiger partial charge in [-0.15, -0.1) is 0 Å². The smallest absolute Gasteiger partial charge is 0.307 e. The Kier molecular flexibility index (Phi) is 6.44. The molecule has 2 rings (SSSR count). The standard InChI is InChI=1S/C18H25NO4/c1-2-3-12-23-14-10-8-13(9-11-14)19-17(20)15-6-4-5-7-16(15)18(21)22/h8-11,15-16H,2-7,12H2,1H3,(H,19,20)(H,21,22)/t15-,16-/m1/s1. The van der Waals surface area contributed by atoms with Crippen LogP contribution in [-0.4, -0.2) is 23.6 Å². The zero-order valence-corrected chi connectivity index (χ0v) is 13.6. The van der Waals surface area contributed by atoms with E-state index in [0.29, 0.717) is 25.1 Å². The largest absolute Gasteiger partial charge is 0.494 e. The van der Waals surface area contributed by atoms with Gasteiger partial charge in [-0.3, -0.25) is 9.59 Å². The third-order valence-corrected chi connectivity index (χ3v) is 4.31. The molecule has 0 heterocycles. The highest BCUT2D eigenvalue weighted by atomic mass is 16.5. The van der Waals surface area contributed by atoms with Gasteiger partial charge in [-0.05, 0) is 43.5 Å². The van der Waals surface area contributed by atoms with E-state index in [9.17, 15) is 14.7 Å². The molecule has 1 amide bonds. The topological polar surface area (TPSA) is 75.6 Å². The molecule has 0 radical (unpaired) electrons. The van der Waals surface area contributed by atoms with E-state index in [-0.39, 0.29) is 5.91 Å². The maximum atomic E-state index is 12.4. The van der Waals surface area contributed by atoms with Crippen molar-refractivity contribution in [2.24, 2.45) is 11.8 Å². The molecule has 1 saturated carbocycles. The van der Waals surface area contributed by atoms with E-state index in [1.165, 1.54) is 0 Å². The van der Waals surface area contributed by atoms with Crippen LogP contribution in [0.25, 0.3) is 0 Å². The summed E-state index contributed by atoms with van der Waals surface area (Å²) in [5.74, 6) is -1.30. The molecule has 5 heteroatoms. The normalized spacial score (nSPS) is 20.7. The Labute approximate surface area is 137 Å². The van der Waals surface area contributed by atoms with Crippen LogP contribution in [0.1, 0.15) is 45.4 Å². The Morgan fingerprint density at radius 3 is 2.43 bits per heavy atom. The molecular weight excluding hydrogens is 294 g/mol. The number of carboxylic acids is 1. The fraction of sp³-hybridized carbons (Fsp3) is 0.556.